The zero-order chi connectivity index (χ0) is 54.1. The van der Waals surface area contributed by atoms with Crippen molar-refractivity contribution >= 4 is 51.9 Å². The van der Waals surface area contributed by atoms with E-state index in [4.69, 9.17) is 0 Å². The SMILES string of the molecule is c1ccc(-c2cccc(-c3cccc(-c4cccc(-c5ccccc5)c4)c3N3c4ccc(-c5ccccc5)cc4B4c5cc(-c6ccccc6)ccc5Sc5cc(C6(c7ccccc7)c7ccccc7-c7ccccc76)cc3c54)c2)cc1. The standard InChI is InChI=1S/C79H52BNS/c1-6-23-53(24-7-1)57-31-20-33-61(47-57)65-39-22-40-66(62-34-21-32-58(48-62)54-25-8-2-9-26-54)78(65)81-73-45-43-59(55-27-10-3-11-28-55)49-71(73)80-72-50-60(56-29-12-4-13-30-56)44-46-75(72)82-76-52-64(51-74(81)77(76)80)79(63-35-14-5-15-36-63)69-41-18-16-37-67(69)68-38-17-19-42-70(68)79/h1-52H. The van der Waals surface area contributed by atoms with Gasteiger partial charge in [0, 0.05) is 32.3 Å². The van der Waals surface area contributed by atoms with Crippen LogP contribution in [0.2, 0.25) is 0 Å². The zero-order valence-electron chi connectivity index (χ0n) is 45.0. The van der Waals surface area contributed by atoms with Crippen molar-refractivity contribution in [3.05, 3.63) is 338 Å². The summed E-state index contributed by atoms with van der Waals surface area (Å²) in [6.45, 7) is -0.0943. The number of hydrogen-bond donors (Lipinski definition) is 0. The largest absolute Gasteiger partial charge is 0.310 e. The Hall–Kier alpha value is -9.93. The molecular formula is C79H52BNS. The molecule has 0 N–H and O–H groups in total. The maximum Gasteiger partial charge on any atom is 0.249 e. The molecule has 0 spiro atoms. The topological polar surface area (TPSA) is 3.24 Å². The maximum absolute atomic E-state index is 2.69. The molecule has 0 unspecified atom stereocenters. The summed E-state index contributed by atoms with van der Waals surface area (Å²) in [6, 6.07) is 118. The number of fused-ring (bicyclic) bond motifs is 7. The van der Waals surface area contributed by atoms with Crippen molar-refractivity contribution in [1.29, 1.82) is 0 Å². The molecule has 0 fully saturated rings. The summed E-state index contributed by atoms with van der Waals surface area (Å²) >= 11 is 1.93. The highest BCUT2D eigenvalue weighted by Crippen LogP contribution is 2.58. The van der Waals surface area contributed by atoms with E-state index >= 15 is 0 Å². The second kappa shape index (κ2) is 19.7. The van der Waals surface area contributed by atoms with Crippen molar-refractivity contribution in [3.63, 3.8) is 0 Å². The number of anilines is 3. The Bertz CT molecular complexity index is 4450. The Morgan fingerprint density at radius 1 is 0.268 bits per heavy atom. The quantitative estimate of drug-likeness (QED) is 0.133. The fraction of sp³-hybridized carbons (Fsp3) is 0.0127. The third kappa shape index (κ3) is 7.72. The molecule has 2 aliphatic heterocycles. The van der Waals surface area contributed by atoms with Gasteiger partial charge in [0.05, 0.1) is 11.1 Å². The second-order valence-electron chi connectivity index (χ2n) is 21.8. The van der Waals surface area contributed by atoms with Gasteiger partial charge in [0.15, 0.2) is 0 Å². The van der Waals surface area contributed by atoms with E-state index in [1.54, 1.807) is 0 Å². The molecule has 0 amide bonds. The van der Waals surface area contributed by atoms with Crippen molar-refractivity contribution in [2.75, 3.05) is 4.90 Å². The van der Waals surface area contributed by atoms with Gasteiger partial charge in [-0.25, -0.2) is 0 Å². The molecule has 13 aromatic carbocycles. The van der Waals surface area contributed by atoms with Crippen LogP contribution in [0.3, 0.4) is 0 Å². The number of para-hydroxylation sites is 1. The lowest BCUT2D eigenvalue weighted by atomic mass is 9.34. The van der Waals surface area contributed by atoms with Gasteiger partial charge in [-0.2, -0.15) is 0 Å². The third-order valence-corrected chi connectivity index (χ3v) is 18.5. The first-order chi connectivity index (χ1) is 40.7. The van der Waals surface area contributed by atoms with Crippen LogP contribution < -0.4 is 21.3 Å². The Labute approximate surface area is 484 Å². The van der Waals surface area contributed by atoms with Gasteiger partial charge < -0.3 is 4.90 Å². The molecule has 1 nitrogen and oxygen atoms in total. The predicted molar refractivity (Wildman–Crippen MR) is 346 cm³/mol. The monoisotopic (exact) mass is 1060 g/mol. The Balaban J connectivity index is 1.05. The summed E-state index contributed by atoms with van der Waals surface area (Å²) in [6.07, 6.45) is 0. The normalized spacial score (nSPS) is 13.1. The highest BCUT2D eigenvalue weighted by Gasteiger charge is 2.49. The molecule has 3 aliphatic rings. The van der Waals surface area contributed by atoms with Crippen LogP contribution in [0.5, 0.6) is 0 Å². The minimum absolute atomic E-state index is 0.0943. The van der Waals surface area contributed by atoms with E-state index in [-0.39, 0.29) is 6.71 Å². The lowest BCUT2D eigenvalue weighted by Crippen LogP contribution is -2.60. The lowest BCUT2D eigenvalue weighted by molar-refractivity contribution is 0.766. The summed E-state index contributed by atoms with van der Waals surface area (Å²) in [5.41, 5.74) is 28.6. The van der Waals surface area contributed by atoms with Crippen LogP contribution in [0.1, 0.15) is 22.3 Å². The van der Waals surface area contributed by atoms with Crippen molar-refractivity contribution in [3.8, 4) is 77.9 Å². The second-order valence-corrected chi connectivity index (χ2v) is 22.9. The molecule has 13 aromatic rings. The summed E-state index contributed by atoms with van der Waals surface area (Å²) in [7, 11) is 0. The third-order valence-electron chi connectivity index (χ3n) is 17.4. The molecule has 16 rings (SSSR count). The number of benzene rings is 13. The first-order valence-electron chi connectivity index (χ1n) is 28.4. The van der Waals surface area contributed by atoms with Crippen LogP contribution in [0.25, 0.3) is 77.9 Å². The zero-order valence-corrected chi connectivity index (χ0v) is 45.8. The van der Waals surface area contributed by atoms with Crippen LogP contribution in [-0.2, 0) is 5.41 Å². The molecule has 0 saturated heterocycles. The maximum atomic E-state index is 2.69. The molecule has 0 aromatic heterocycles. The van der Waals surface area contributed by atoms with Crippen LogP contribution in [-0.4, -0.2) is 6.71 Å². The minimum Gasteiger partial charge on any atom is -0.310 e. The first kappa shape index (κ1) is 48.0. The fourth-order valence-electron chi connectivity index (χ4n) is 13.8. The van der Waals surface area contributed by atoms with Gasteiger partial charge in [0.25, 0.3) is 0 Å². The predicted octanol–water partition coefficient (Wildman–Crippen LogP) is 18.8. The van der Waals surface area contributed by atoms with E-state index in [0.717, 1.165) is 33.6 Å². The average Bonchev–Trinajstić information content (AvgIpc) is 2.34. The number of nitrogens with zero attached hydrogens (tertiary/aromatic N) is 1. The highest BCUT2D eigenvalue weighted by molar-refractivity contribution is 8.00. The number of hydrogen-bond acceptors (Lipinski definition) is 2. The fourth-order valence-corrected chi connectivity index (χ4v) is 15.0. The van der Waals surface area contributed by atoms with Gasteiger partial charge >= 0.3 is 0 Å². The molecule has 382 valence electrons. The molecule has 0 atom stereocenters. The summed E-state index contributed by atoms with van der Waals surface area (Å²) in [5.74, 6) is 0. The summed E-state index contributed by atoms with van der Waals surface area (Å²) < 4.78 is 0. The molecule has 0 saturated carbocycles. The summed E-state index contributed by atoms with van der Waals surface area (Å²) in [5, 5.41) is 0. The Kier molecular flexibility index (Phi) is 11.5. The molecular weight excluding hydrogens is 1010 g/mol. The van der Waals surface area contributed by atoms with E-state index in [1.165, 1.54) is 110 Å². The first-order valence-corrected chi connectivity index (χ1v) is 29.2. The van der Waals surface area contributed by atoms with E-state index in [2.05, 4.69) is 320 Å². The van der Waals surface area contributed by atoms with Gasteiger partial charge in [0.2, 0.25) is 6.71 Å². The minimum atomic E-state index is -0.646. The van der Waals surface area contributed by atoms with Crippen molar-refractivity contribution in [1.82, 2.24) is 0 Å². The van der Waals surface area contributed by atoms with Gasteiger partial charge in [-0.3, -0.25) is 0 Å². The van der Waals surface area contributed by atoms with Crippen molar-refractivity contribution in [2.45, 2.75) is 15.2 Å². The van der Waals surface area contributed by atoms with Crippen LogP contribution in [0.4, 0.5) is 17.1 Å². The van der Waals surface area contributed by atoms with E-state index in [1.807, 2.05) is 11.8 Å². The highest BCUT2D eigenvalue weighted by atomic mass is 32.2. The van der Waals surface area contributed by atoms with Gasteiger partial charge in [0.1, 0.15) is 0 Å². The molecule has 82 heavy (non-hydrogen) atoms. The smallest absolute Gasteiger partial charge is 0.249 e. The van der Waals surface area contributed by atoms with E-state index in [0.29, 0.717) is 0 Å². The average molecular weight is 1060 g/mol. The lowest BCUT2D eigenvalue weighted by Gasteiger charge is -2.43. The Morgan fingerprint density at radius 2 is 0.683 bits per heavy atom. The van der Waals surface area contributed by atoms with Crippen molar-refractivity contribution in [2.24, 2.45) is 0 Å². The Morgan fingerprint density at radius 3 is 1.22 bits per heavy atom. The van der Waals surface area contributed by atoms with Gasteiger partial charge in [-0.1, -0.05) is 296 Å². The summed E-state index contributed by atoms with van der Waals surface area (Å²) in [4.78, 5) is 5.24. The van der Waals surface area contributed by atoms with Crippen LogP contribution in [0.15, 0.2) is 325 Å². The molecule has 0 bridgehead atoms. The van der Waals surface area contributed by atoms with E-state index in [9.17, 15) is 0 Å². The van der Waals surface area contributed by atoms with Crippen molar-refractivity contribution < 1.29 is 0 Å². The van der Waals surface area contributed by atoms with E-state index < -0.39 is 5.41 Å². The molecule has 1 aliphatic carbocycles. The molecule has 2 heterocycles. The van der Waals surface area contributed by atoms with Crippen LogP contribution in [0, 0.1) is 0 Å². The molecule has 3 heteroatoms. The van der Waals surface area contributed by atoms with Gasteiger partial charge in [-0.15, -0.1) is 0 Å². The van der Waals surface area contributed by atoms with Crippen LogP contribution >= 0.6 is 11.8 Å². The number of rotatable bonds is 9. The van der Waals surface area contributed by atoms with Gasteiger partial charge in [-0.05, 0) is 136 Å². The molecule has 0 radical (unpaired) electrons.